The van der Waals surface area contributed by atoms with Gasteiger partial charge in [0.1, 0.15) is 0 Å². The number of hydrogen-bond donors (Lipinski definition) is 2. The van der Waals surface area contributed by atoms with Gasteiger partial charge in [-0.1, -0.05) is 36.2 Å². The quantitative estimate of drug-likeness (QED) is 0.626. The summed E-state index contributed by atoms with van der Waals surface area (Å²) in [4.78, 5) is 6.84. The van der Waals surface area contributed by atoms with Crippen LogP contribution >= 0.6 is 23.2 Å². The van der Waals surface area contributed by atoms with Crippen molar-refractivity contribution < 1.29 is 0 Å². The number of halogens is 2. The lowest BCUT2D eigenvalue weighted by atomic mass is 10.1. The van der Waals surface area contributed by atoms with Crippen LogP contribution < -0.4 is 10.6 Å². The van der Waals surface area contributed by atoms with Crippen LogP contribution in [0.5, 0.6) is 0 Å². The van der Waals surface area contributed by atoms with Crippen LogP contribution in [0.25, 0.3) is 0 Å². The monoisotopic (exact) mass is 356 g/mol. The summed E-state index contributed by atoms with van der Waals surface area (Å²) in [5, 5.41) is 8.17. The minimum Gasteiger partial charge on any atom is -0.354 e. The number of piperidine rings is 1. The molecule has 0 aromatic heterocycles. The molecule has 23 heavy (non-hydrogen) atoms. The fourth-order valence-corrected chi connectivity index (χ4v) is 3.32. The number of benzene rings is 1. The number of rotatable bonds is 5. The first-order chi connectivity index (χ1) is 11.1. The number of nitrogens with one attached hydrogen (secondary N) is 2. The first-order valence-electron chi connectivity index (χ1n) is 8.25. The highest BCUT2D eigenvalue weighted by Gasteiger charge is 2.19. The summed E-state index contributed by atoms with van der Waals surface area (Å²) in [7, 11) is 1.80. The maximum absolute atomic E-state index is 6.20. The Labute approximate surface area is 149 Å². The highest BCUT2D eigenvalue weighted by molar-refractivity contribution is 6.35. The second kappa shape index (κ2) is 9.36. The highest BCUT2D eigenvalue weighted by atomic mass is 35.5. The van der Waals surface area contributed by atoms with Gasteiger partial charge in [0.25, 0.3) is 0 Å². The average Bonchev–Trinajstić information content (AvgIpc) is 2.54. The molecule has 0 bridgehead atoms. The summed E-state index contributed by atoms with van der Waals surface area (Å²) in [6.07, 6.45) is 3.54. The number of nitrogens with zero attached hydrogens (tertiary/aromatic N) is 2. The molecule has 0 atom stereocenters. The van der Waals surface area contributed by atoms with Crippen LogP contribution in [0.3, 0.4) is 0 Å². The lowest BCUT2D eigenvalue weighted by Gasteiger charge is -2.32. The molecule has 4 nitrogen and oxygen atoms in total. The maximum Gasteiger partial charge on any atom is 0.191 e. The van der Waals surface area contributed by atoms with E-state index in [1.54, 1.807) is 13.1 Å². The van der Waals surface area contributed by atoms with Gasteiger partial charge in [0.2, 0.25) is 0 Å². The van der Waals surface area contributed by atoms with E-state index in [9.17, 15) is 0 Å². The summed E-state index contributed by atoms with van der Waals surface area (Å²) < 4.78 is 0. The summed E-state index contributed by atoms with van der Waals surface area (Å²) in [5.74, 6) is 0.824. The predicted molar refractivity (Wildman–Crippen MR) is 99.5 cm³/mol. The Morgan fingerprint density at radius 2 is 2.04 bits per heavy atom. The number of hydrogen-bond acceptors (Lipinski definition) is 2. The molecule has 1 heterocycles. The van der Waals surface area contributed by atoms with E-state index in [0.717, 1.165) is 37.5 Å². The van der Waals surface area contributed by atoms with Gasteiger partial charge in [0.15, 0.2) is 5.96 Å². The Bertz CT molecular complexity index is 525. The molecule has 6 heteroatoms. The van der Waals surface area contributed by atoms with E-state index >= 15 is 0 Å². The smallest absolute Gasteiger partial charge is 0.191 e. The third-order valence-electron chi connectivity index (χ3n) is 4.15. The number of aliphatic imine (C=N–C) groups is 1. The van der Waals surface area contributed by atoms with Gasteiger partial charge in [-0.25, -0.2) is 0 Å². The second-order valence-corrected chi connectivity index (χ2v) is 6.77. The van der Waals surface area contributed by atoms with Crippen molar-refractivity contribution >= 4 is 29.2 Å². The molecule has 128 valence electrons. The zero-order valence-electron chi connectivity index (χ0n) is 13.9. The van der Waals surface area contributed by atoms with Gasteiger partial charge in [-0.05, 0) is 43.5 Å². The van der Waals surface area contributed by atoms with E-state index in [1.807, 2.05) is 12.1 Å². The molecule has 0 amide bonds. The van der Waals surface area contributed by atoms with Crippen molar-refractivity contribution in [2.24, 2.45) is 4.99 Å². The number of guanidine groups is 1. The van der Waals surface area contributed by atoms with E-state index in [4.69, 9.17) is 23.2 Å². The lowest BCUT2D eigenvalue weighted by Crippen LogP contribution is -2.48. The fourth-order valence-electron chi connectivity index (χ4n) is 2.85. The normalized spacial score (nSPS) is 17.3. The van der Waals surface area contributed by atoms with Gasteiger partial charge in [-0.3, -0.25) is 4.99 Å². The molecule has 2 rings (SSSR count). The molecule has 1 aliphatic heterocycles. The molecular weight excluding hydrogens is 331 g/mol. The van der Waals surface area contributed by atoms with Gasteiger partial charge >= 0.3 is 0 Å². The Hall–Kier alpha value is -0.970. The van der Waals surface area contributed by atoms with Crippen LogP contribution in [0.15, 0.2) is 23.2 Å². The van der Waals surface area contributed by atoms with E-state index < -0.39 is 0 Å². The van der Waals surface area contributed by atoms with Gasteiger partial charge in [0, 0.05) is 42.8 Å². The summed E-state index contributed by atoms with van der Waals surface area (Å²) in [5.41, 5.74) is 1.01. The first kappa shape index (κ1) is 18.4. The molecular formula is C17H26Cl2N4. The standard InChI is InChI=1S/C17H26Cl2N4/c1-3-8-23-9-6-15(7-10-23)22-17(20-2)21-12-13-4-5-14(18)11-16(13)19/h4-5,11,15H,3,6-10,12H2,1-2H3,(H2,20,21,22). The molecule has 0 radical (unpaired) electrons. The Morgan fingerprint density at radius 3 is 2.65 bits per heavy atom. The minimum atomic E-state index is 0.481. The van der Waals surface area contributed by atoms with Crippen molar-refractivity contribution in [2.75, 3.05) is 26.7 Å². The Balaban J connectivity index is 1.80. The molecule has 1 aliphatic rings. The Kier molecular flexibility index (Phi) is 7.47. The van der Waals surface area contributed by atoms with Gasteiger partial charge in [-0.2, -0.15) is 0 Å². The van der Waals surface area contributed by atoms with Crippen LogP contribution in [-0.4, -0.2) is 43.6 Å². The SMILES string of the molecule is CCCN1CCC(NC(=NC)NCc2ccc(Cl)cc2Cl)CC1. The van der Waals surface area contributed by atoms with E-state index in [2.05, 4.69) is 27.4 Å². The molecule has 1 aromatic carbocycles. The predicted octanol–water partition coefficient (Wildman–Crippen LogP) is 3.53. The van der Waals surface area contributed by atoms with Gasteiger partial charge in [0.05, 0.1) is 0 Å². The first-order valence-corrected chi connectivity index (χ1v) is 9.01. The van der Waals surface area contributed by atoms with Crippen molar-refractivity contribution in [1.29, 1.82) is 0 Å². The van der Waals surface area contributed by atoms with Crippen LogP contribution in [0.1, 0.15) is 31.7 Å². The number of likely N-dealkylation sites (tertiary alicyclic amines) is 1. The van der Waals surface area contributed by atoms with Gasteiger partial charge < -0.3 is 15.5 Å². The van der Waals surface area contributed by atoms with Crippen molar-refractivity contribution in [3.8, 4) is 0 Å². The Morgan fingerprint density at radius 1 is 1.30 bits per heavy atom. The van der Waals surface area contributed by atoms with Crippen LogP contribution in [-0.2, 0) is 6.54 Å². The molecule has 2 N–H and O–H groups in total. The maximum atomic E-state index is 6.20. The van der Waals surface area contributed by atoms with E-state index in [1.165, 1.54) is 13.0 Å². The lowest BCUT2D eigenvalue weighted by molar-refractivity contribution is 0.206. The van der Waals surface area contributed by atoms with Crippen LogP contribution in [0, 0.1) is 0 Å². The molecule has 0 spiro atoms. The molecule has 0 aliphatic carbocycles. The second-order valence-electron chi connectivity index (χ2n) is 5.92. The van der Waals surface area contributed by atoms with Crippen molar-refractivity contribution in [3.63, 3.8) is 0 Å². The fraction of sp³-hybridized carbons (Fsp3) is 0.588. The molecule has 0 unspecified atom stereocenters. The third kappa shape index (κ3) is 5.87. The minimum absolute atomic E-state index is 0.481. The highest BCUT2D eigenvalue weighted by Crippen LogP contribution is 2.20. The molecule has 0 saturated carbocycles. The van der Waals surface area contributed by atoms with Crippen molar-refractivity contribution in [2.45, 2.75) is 38.8 Å². The summed E-state index contributed by atoms with van der Waals surface area (Å²) in [6.45, 7) is 6.38. The third-order valence-corrected chi connectivity index (χ3v) is 4.74. The van der Waals surface area contributed by atoms with E-state index in [-0.39, 0.29) is 0 Å². The van der Waals surface area contributed by atoms with Crippen molar-refractivity contribution in [1.82, 2.24) is 15.5 Å². The zero-order valence-corrected chi connectivity index (χ0v) is 15.4. The molecule has 1 aromatic rings. The van der Waals surface area contributed by atoms with Gasteiger partial charge in [-0.15, -0.1) is 0 Å². The molecule has 1 saturated heterocycles. The largest absolute Gasteiger partial charge is 0.354 e. The summed E-state index contributed by atoms with van der Waals surface area (Å²) >= 11 is 12.1. The van der Waals surface area contributed by atoms with E-state index in [0.29, 0.717) is 22.6 Å². The van der Waals surface area contributed by atoms with Crippen LogP contribution in [0.2, 0.25) is 10.0 Å². The average molecular weight is 357 g/mol. The zero-order chi connectivity index (χ0) is 16.7. The topological polar surface area (TPSA) is 39.7 Å². The van der Waals surface area contributed by atoms with Crippen LogP contribution in [0.4, 0.5) is 0 Å². The molecule has 1 fully saturated rings. The summed E-state index contributed by atoms with van der Waals surface area (Å²) in [6, 6.07) is 6.04. The van der Waals surface area contributed by atoms with Crippen molar-refractivity contribution in [3.05, 3.63) is 33.8 Å².